The summed E-state index contributed by atoms with van der Waals surface area (Å²) in [5.41, 5.74) is 2.47. The maximum absolute atomic E-state index is 12.4. The van der Waals surface area contributed by atoms with Crippen LogP contribution in [0.3, 0.4) is 0 Å². The first-order valence-corrected chi connectivity index (χ1v) is 8.47. The van der Waals surface area contributed by atoms with Gasteiger partial charge < -0.3 is 15.0 Å². The number of hydrogen-bond donors (Lipinski definition) is 1. The molecule has 1 saturated heterocycles. The minimum Gasteiger partial charge on any atom is -0.494 e. The van der Waals surface area contributed by atoms with Gasteiger partial charge in [-0.15, -0.1) is 0 Å². The Bertz CT molecular complexity index is 771. The highest BCUT2D eigenvalue weighted by atomic mass is 16.5. The van der Waals surface area contributed by atoms with E-state index in [1.54, 1.807) is 11.0 Å². The summed E-state index contributed by atoms with van der Waals surface area (Å²) >= 11 is 0. The summed E-state index contributed by atoms with van der Waals surface area (Å²) in [4.78, 5) is 26.4. The molecule has 1 aliphatic heterocycles. The molecule has 1 heterocycles. The Hall–Kier alpha value is -2.82. The second kappa shape index (κ2) is 7.38. The van der Waals surface area contributed by atoms with Crippen LogP contribution in [0.1, 0.15) is 29.3 Å². The van der Waals surface area contributed by atoms with Crippen molar-refractivity contribution in [2.24, 2.45) is 0 Å². The average molecular weight is 338 g/mol. The summed E-state index contributed by atoms with van der Waals surface area (Å²) in [6.07, 6.45) is 0.310. The Morgan fingerprint density at radius 3 is 2.68 bits per heavy atom. The SMILES string of the molecule is CCOc1ccc(N2C[C@H](NC(=O)c3cccc(C)c3)CC2=O)cc1. The molecular formula is C20H22N2O3. The van der Waals surface area contributed by atoms with Gasteiger partial charge in [-0.2, -0.15) is 0 Å². The number of benzene rings is 2. The summed E-state index contributed by atoms with van der Waals surface area (Å²) in [6, 6.07) is 14.7. The van der Waals surface area contributed by atoms with Gasteiger partial charge in [0, 0.05) is 24.2 Å². The molecule has 3 rings (SSSR count). The molecule has 2 aromatic carbocycles. The van der Waals surface area contributed by atoms with Crippen molar-refractivity contribution in [1.29, 1.82) is 0 Å². The van der Waals surface area contributed by atoms with Gasteiger partial charge in [-0.3, -0.25) is 9.59 Å². The predicted molar refractivity (Wildman–Crippen MR) is 97.0 cm³/mol. The fraction of sp³-hybridized carbons (Fsp3) is 0.300. The maximum atomic E-state index is 12.4. The number of anilines is 1. The van der Waals surface area contributed by atoms with E-state index in [1.807, 2.05) is 56.3 Å². The molecule has 1 aliphatic rings. The van der Waals surface area contributed by atoms with Gasteiger partial charge in [0.2, 0.25) is 5.91 Å². The van der Waals surface area contributed by atoms with Crippen molar-refractivity contribution >= 4 is 17.5 Å². The third-order valence-electron chi connectivity index (χ3n) is 4.20. The van der Waals surface area contributed by atoms with E-state index in [0.717, 1.165) is 17.0 Å². The molecule has 1 fully saturated rings. The zero-order valence-electron chi connectivity index (χ0n) is 14.5. The van der Waals surface area contributed by atoms with Gasteiger partial charge in [0.05, 0.1) is 12.6 Å². The number of rotatable bonds is 5. The van der Waals surface area contributed by atoms with E-state index in [-0.39, 0.29) is 17.9 Å². The maximum Gasteiger partial charge on any atom is 0.251 e. The largest absolute Gasteiger partial charge is 0.494 e. The minimum atomic E-state index is -0.188. The number of nitrogens with zero attached hydrogens (tertiary/aromatic N) is 1. The van der Waals surface area contributed by atoms with E-state index in [1.165, 1.54) is 0 Å². The Kier molecular flexibility index (Phi) is 5.03. The Labute approximate surface area is 147 Å². The van der Waals surface area contributed by atoms with E-state index in [4.69, 9.17) is 4.74 Å². The predicted octanol–water partition coefficient (Wildman–Crippen LogP) is 2.93. The molecule has 5 nitrogen and oxygen atoms in total. The monoisotopic (exact) mass is 338 g/mol. The van der Waals surface area contributed by atoms with Crippen molar-refractivity contribution in [2.45, 2.75) is 26.3 Å². The fourth-order valence-corrected chi connectivity index (χ4v) is 3.00. The summed E-state index contributed by atoms with van der Waals surface area (Å²) in [7, 11) is 0. The van der Waals surface area contributed by atoms with Crippen LogP contribution in [0.25, 0.3) is 0 Å². The van der Waals surface area contributed by atoms with Crippen LogP contribution in [0.2, 0.25) is 0 Å². The highest BCUT2D eigenvalue weighted by molar-refractivity contribution is 5.99. The Morgan fingerprint density at radius 2 is 2.00 bits per heavy atom. The normalized spacial score (nSPS) is 16.8. The standard InChI is InChI=1S/C20H22N2O3/c1-3-25-18-9-7-17(8-10-18)22-13-16(12-19(22)23)21-20(24)15-6-4-5-14(2)11-15/h4-11,16H,3,12-13H2,1-2H3,(H,21,24)/t16-/m1/s1. The van der Waals surface area contributed by atoms with Gasteiger partial charge in [0.25, 0.3) is 5.91 Å². The van der Waals surface area contributed by atoms with E-state index in [9.17, 15) is 9.59 Å². The van der Waals surface area contributed by atoms with Crippen molar-refractivity contribution in [3.63, 3.8) is 0 Å². The lowest BCUT2D eigenvalue weighted by molar-refractivity contribution is -0.117. The number of hydrogen-bond acceptors (Lipinski definition) is 3. The second-order valence-electron chi connectivity index (χ2n) is 6.18. The first-order valence-electron chi connectivity index (χ1n) is 8.47. The summed E-state index contributed by atoms with van der Waals surface area (Å²) in [5.74, 6) is 0.649. The van der Waals surface area contributed by atoms with Crippen LogP contribution in [0.5, 0.6) is 5.75 Å². The van der Waals surface area contributed by atoms with Gasteiger partial charge in [-0.05, 0) is 50.2 Å². The van der Waals surface area contributed by atoms with E-state index in [2.05, 4.69) is 5.32 Å². The molecule has 1 N–H and O–H groups in total. The van der Waals surface area contributed by atoms with E-state index in [0.29, 0.717) is 25.1 Å². The van der Waals surface area contributed by atoms with Crippen molar-refractivity contribution in [1.82, 2.24) is 5.32 Å². The summed E-state index contributed by atoms with van der Waals surface area (Å²) < 4.78 is 5.42. The van der Waals surface area contributed by atoms with E-state index >= 15 is 0 Å². The molecule has 0 unspecified atom stereocenters. The number of carbonyl (C=O) groups excluding carboxylic acids is 2. The number of amides is 2. The third kappa shape index (κ3) is 3.99. The first-order chi connectivity index (χ1) is 12.1. The Balaban J connectivity index is 1.65. The zero-order chi connectivity index (χ0) is 17.8. The summed E-state index contributed by atoms with van der Waals surface area (Å²) in [5, 5.41) is 2.96. The zero-order valence-corrected chi connectivity index (χ0v) is 14.5. The quantitative estimate of drug-likeness (QED) is 0.912. The summed E-state index contributed by atoms with van der Waals surface area (Å²) in [6.45, 7) is 4.96. The molecule has 0 radical (unpaired) electrons. The topological polar surface area (TPSA) is 58.6 Å². The molecule has 0 aromatic heterocycles. The van der Waals surface area contributed by atoms with Gasteiger partial charge in [0.1, 0.15) is 5.75 Å². The van der Waals surface area contributed by atoms with Crippen molar-refractivity contribution < 1.29 is 14.3 Å². The fourth-order valence-electron chi connectivity index (χ4n) is 3.00. The van der Waals surface area contributed by atoms with E-state index < -0.39 is 0 Å². The number of aryl methyl sites for hydroxylation is 1. The van der Waals surface area contributed by atoms with Crippen LogP contribution in [0.4, 0.5) is 5.69 Å². The minimum absolute atomic E-state index is 0.0127. The second-order valence-corrected chi connectivity index (χ2v) is 6.18. The molecule has 1 atom stereocenters. The highest BCUT2D eigenvalue weighted by Gasteiger charge is 2.31. The Morgan fingerprint density at radius 1 is 1.24 bits per heavy atom. The molecule has 0 aliphatic carbocycles. The lowest BCUT2D eigenvalue weighted by Gasteiger charge is -2.18. The third-order valence-corrected chi connectivity index (χ3v) is 4.20. The van der Waals surface area contributed by atoms with Gasteiger partial charge in [-0.1, -0.05) is 17.7 Å². The lowest BCUT2D eigenvalue weighted by Crippen LogP contribution is -2.37. The average Bonchev–Trinajstić information content (AvgIpc) is 2.96. The molecule has 0 spiro atoms. The van der Waals surface area contributed by atoms with Gasteiger partial charge in [0.15, 0.2) is 0 Å². The molecule has 130 valence electrons. The molecule has 0 bridgehead atoms. The van der Waals surface area contributed by atoms with Crippen molar-refractivity contribution in [3.8, 4) is 5.75 Å². The van der Waals surface area contributed by atoms with Crippen LogP contribution in [-0.2, 0) is 4.79 Å². The van der Waals surface area contributed by atoms with Gasteiger partial charge in [-0.25, -0.2) is 0 Å². The van der Waals surface area contributed by atoms with Crippen LogP contribution in [0, 0.1) is 6.92 Å². The molecule has 2 aromatic rings. The lowest BCUT2D eigenvalue weighted by atomic mass is 10.1. The molecule has 25 heavy (non-hydrogen) atoms. The molecule has 5 heteroatoms. The van der Waals surface area contributed by atoms with Crippen LogP contribution >= 0.6 is 0 Å². The molecule has 0 saturated carbocycles. The van der Waals surface area contributed by atoms with Crippen molar-refractivity contribution in [2.75, 3.05) is 18.1 Å². The van der Waals surface area contributed by atoms with Crippen LogP contribution in [0.15, 0.2) is 48.5 Å². The first kappa shape index (κ1) is 17.0. The highest BCUT2D eigenvalue weighted by Crippen LogP contribution is 2.24. The van der Waals surface area contributed by atoms with Gasteiger partial charge >= 0.3 is 0 Å². The number of nitrogens with one attached hydrogen (secondary N) is 1. The smallest absolute Gasteiger partial charge is 0.251 e. The van der Waals surface area contributed by atoms with Crippen molar-refractivity contribution in [3.05, 3.63) is 59.7 Å². The van der Waals surface area contributed by atoms with Crippen LogP contribution in [-0.4, -0.2) is 31.0 Å². The number of ether oxygens (including phenoxy) is 1. The number of carbonyl (C=O) groups is 2. The molecular weight excluding hydrogens is 316 g/mol. The van der Waals surface area contributed by atoms with Crippen LogP contribution < -0.4 is 15.0 Å². The molecule has 2 amide bonds.